The molecule has 0 saturated carbocycles. The number of rotatable bonds is 6. The van der Waals surface area contributed by atoms with Crippen molar-refractivity contribution in [3.8, 4) is 0 Å². The van der Waals surface area contributed by atoms with Crippen molar-refractivity contribution in [2.24, 2.45) is 11.7 Å². The molecule has 0 radical (unpaired) electrons. The maximum Gasteiger partial charge on any atom is 0.150 e. The molecular weight excluding hydrogens is 186 g/mol. The van der Waals surface area contributed by atoms with Gasteiger partial charge < -0.3 is 5.73 Å². The summed E-state index contributed by atoms with van der Waals surface area (Å²) in [6.07, 6.45) is 1.64. The molecule has 4 heteroatoms. The van der Waals surface area contributed by atoms with Gasteiger partial charge in [0.1, 0.15) is 9.84 Å². The zero-order chi connectivity index (χ0) is 10.5. The molecule has 0 heterocycles. The van der Waals surface area contributed by atoms with Crippen LogP contribution in [-0.2, 0) is 9.84 Å². The van der Waals surface area contributed by atoms with Gasteiger partial charge in [0, 0.05) is 11.8 Å². The van der Waals surface area contributed by atoms with Crippen molar-refractivity contribution in [3.05, 3.63) is 0 Å². The molecule has 2 unspecified atom stereocenters. The smallest absolute Gasteiger partial charge is 0.150 e. The number of sulfone groups is 1. The molecule has 0 aliphatic rings. The van der Waals surface area contributed by atoms with Crippen molar-refractivity contribution in [2.45, 2.75) is 39.7 Å². The maximum absolute atomic E-state index is 11.2. The molecule has 0 fully saturated rings. The molecule has 13 heavy (non-hydrogen) atoms. The lowest BCUT2D eigenvalue weighted by Crippen LogP contribution is -2.20. The van der Waals surface area contributed by atoms with Crippen molar-refractivity contribution >= 4 is 9.84 Å². The minimum Gasteiger partial charge on any atom is -0.328 e. The quantitative estimate of drug-likeness (QED) is 0.711. The third-order valence-electron chi connectivity index (χ3n) is 2.14. The molecule has 0 aromatic heterocycles. The van der Waals surface area contributed by atoms with Crippen molar-refractivity contribution in [2.75, 3.05) is 11.5 Å². The van der Waals surface area contributed by atoms with Crippen molar-refractivity contribution in [3.63, 3.8) is 0 Å². The normalized spacial score (nSPS) is 16.9. The minimum atomic E-state index is -2.79. The van der Waals surface area contributed by atoms with Crippen LogP contribution in [0.3, 0.4) is 0 Å². The highest BCUT2D eigenvalue weighted by molar-refractivity contribution is 7.91. The third-order valence-corrected chi connectivity index (χ3v) is 3.87. The first-order valence-corrected chi connectivity index (χ1v) is 6.65. The average molecular weight is 207 g/mol. The van der Waals surface area contributed by atoms with Crippen molar-refractivity contribution in [1.82, 2.24) is 0 Å². The Morgan fingerprint density at radius 1 is 1.31 bits per heavy atom. The lowest BCUT2D eigenvalue weighted by Gasteiger charge is -2.13. The van der Waals surface area contributed by atoms with Crippen LogP contribution in [0.25, 0.3) is 0 Å². The molecule has 80 valence electrons. The van der Waals surface area contributed by atoms with E-state index in [4.69, 9.17) is 5.73 Å². The predicted molar refractivity (Wildman–Crippen MR) is 56.4 cm³/mol. The first kappa shape index (κ1) is 12.9. The first-order valence-electron chi connectivity index (χ1n) is 4.83. The van der Waals surface area contributed by atoms with Gasteiger partial charge in [0.2, 0.25) is 0 Å². The maximum atomic E-state index is 11.2. The Balaban J connectivity index is 3.77. The Morgan fingerprint density at radius 2 is 1.85 bits per heavy atom. The van der Waals surface area contributed by atoms with E-state index in [1.54, 1.807) is 6.92 Å². The van der Waals surface area contributed by atoms with E-state index in [1.807, 2.05) is 6.92 Å². The van der Waals surface area contributed by atoms with Crippen LogP contribution in [0.1, 0.15) is 33.6 Å². The zero-order valence-electron chi connectivity index (χ0n) is 8.79. The Bertz CT molecular complexity index is 222. The van der Waals surface area contributed by atoms with E-state index >= 15 is 0 Å². The molecule has 2 N–H and O–H groups in total. The molecule has 0 rings (SSSR count). The highest BCUT2D eigenvalue weighted by Gasteiger charge is 2.11. The summed E-state index contributed by atoms with van der Waals surface area (Å²) in [5, 5.41) is 0. The Morgan fingerprint density at radius 3 is 2.23 bits per heavy atom. The zero-order valence-corrected chi connectivity index (χ0v) is 9.60. The van der Waals surface area contributed by atoms with Crippen LogP contribution >= 0.6 is 0 Å². The molecule has 0 aliphatic carbocycles. The molecule has 0 aliphatic heterocycles. The highest BCUT2D eigenvalue weighted by Crippen LogP contribution is 2.10. The molecule has 0 aromatic carbocycles. The molecular formula is C9H21NO2S. The SMILES string of the molecule is CCS(=O)(=O)CCC(C)CC(C)N. The Labute approximate surface area is 81.6 Å². The molecule has 0 amide bonds. The van der Waals surface area contributed by atoms with E-state index < -0.39 is 9.84 Å². The van der Waals surface area contributed by atoms with Gasteiger partial charge in [-0.1, -0.05) is 13.8 Å². The minimum absolute atomic E-state index is 0.166. The molecule has 0 aromatic rings. The van der Waals surface area contributed by atoms with Crippen LogP contribution in [0.15, 0.2) is 0 Å². The molecule has 0 spiro atoms. The van der Waals surface area contributed by atoms with Crippen LogP contribution in [0.4, 0.5) is 0 Å². The van der Waals surface area contributed by atoms with Gasteiger partial charge in [-0.05, 0) is 25.7 Å². The summed E-state index contributed by atoms with van der Waals surface area (Å²) in [6.45, 7) is 5.69. The monoisotopic (exact) mass is 207 g/mol. The fourth-order valence-electron chi connectivity index (χ4n) is 1.28. The van der Waals surface area contributed by atoms with Gasteiger partial charge in [-0.25, -0.2) is 8.42 Å². The van der Waals surface area contributed by atoms with Crippen LogP contribution in [0.5, 0.6) is 0 Å². The van der Waals surface area contributed by atoms with Gasteiger partial charge in [-0.15, -0.1) is 0 Å². The average Bonchev–Trinajstić information content (AvgIpc) is 2.00. The van der Waals surface area contributed by atoms with Crippen molar-refractivity contribution < 1.29 is 8.42 Å². The van der Waals surface area contributed by atoms with E-state index in [2.05, 4.69) is 6.92 Å². The van der Waals surface area contributed by atoms with E-state index in [-0.39, 0.29) is 11.8 Å². The van der Waals surface area contributed by atoms with Gasteiger partial charge in [0.15, 0.2) is 0 Å². The predicted octanol–water partition coefficient (Wildman–Crippen LogP) is 1.18. The van der Waals surface area contributed by atoms with E-state index in [9.17, 15) is 8.42 Å². The van der Waals surface area contributed by atoms with Gasteiger partial charge in [0.25, 0.3) is 0 Å². The topological polar surface area (TPSA) is 60.2 Å². The number of nitrogens with two attached hydrogens (primary N) is 1. The molecule has 0 saturated heterocycles. The second-order valence-electron chi connectivity index (χ2n) is 3.84. The molecule has 2 atom stereocenters. The highest BCUT2D eigenvalue weighted by atomic mass is 32.2. The van der Waals surface area contributed by atoms with Gasteiger partial charge in [0.05, 0.1) is 5.75 Å². The summed E-state index contributed by atoms with van der Waals surface area (Å²) < 4.78 is 22.3. The Kier molecular flexibility index (Phi) is 5.56. The van der Waals surface area contributed by atoms with Crippen LogP contribution in [-0.4, -0.2) is 26.0 Å². The van der Waals surface area contributed by atoms with Gasteiger partial charge >= 0.3 is 0 Å². The second-order valence-corrected chi connectivity index (χ2v) is 6.32. The van der Waals surface area contributed by atoms with Gasteiger partial charge in [-0.3, -0.25) is 0 Å². The summed E-state index contributed by atoms with van der Waals surface area (Å²) in [7, 11) is -2.79. The summed E-state index contributed by atoms with van der Waals surface area (Å²) >= 11 is 0. The summed E-state index contributed by atoms with van der Waals surface area (Å²) in [4.78, 5) is 0. The van der Waals surface area contributed by atoms with E-state index in [0.29, 0.717) is 11.7 Å². The van der Waals surface area contributed by atoms with Gasteiger partial charge in [-0.2, -0.15) is 0 Å². The van der Waals surface area contributed by atoms with Crippen LogP contribution in [0.2, 0.25) is 0 Å². The largest absolute Gasteiger partial charge is 0.328 e. The fourth-order valence-corrected chi connectivity index (χ4v) is 2.33. The second kappa shape index (κ2) is 5.60. The lowest BCUT2D eigenvalue weighted by molar-refractivity contribution is 0.467. The first-order chi connectivity index (χ1) is 5.87. The fraction of sp³-hybridized carbons (Fsp3) is 1.00. The van der Waals surface area contributed by atoms with E-state index in [0.717, 1.165) is 12.8 Å². The third kappa shape index (κ3) is 7.02. The van der Waals surface area contributed by atoms with E-state index in [1.165, 1.54) is 0 Å². The number of hydrogen-bond acceptors (Lipinski definition) is 3. The van der Waals surface area contributed by atoms with Crippen LogP contribution in [0, 0.1) is 5.92 Å². The Hall–Kier alpha value is -0.0900. The van der Waals surface area contributed by atoms with Crippen molar-refractivity contribution in [1.29, 1.82) is 0 Å². The lowest BCUT2D eigenvalue weighted by atomic mass is 10.0. The summed E-state index contributed by atoms with van der Waals surface area (Å²) in [5.74, 6) is 0.955. The molecule has 3 nitrogen and oxygen atoms in total. The standard InChI is InChI=1S/C9H21NO2S/c1-4-13(11,12)6-5-8(2)7-9(3)10/h8-9H,4-7,10H2,1-3H3. The number of hydrogen-bond donors (Lipinski definition) is 1. The summed E-state index contributed by atoms with van der Waals surface area (Å²) in [5.41, 5.74) is 5.62. The van der Waals surface area contributed by atoms with Crippen LogP contribution < -0.4 is 5.73 Å². The summed E-state index contributed by atoms with van der Waals surface area (Å²) in [6, 6.07) is 0.166. The molecule has 0 bridgehead atoms.